The van der Waals surface area contributed by atoms with E-state index in [1.165, 1.54) is 10.4 Å². The number of nitrogens with zero attached hydrogens (tertiary/aromatic N) is 2. The molecule has 8 nitrogen and oxygen atoms in total. The van der Waals surface area contributed by atoms with E-state index < -0.39 is 14.9 Å². The van der Waals surface area contributed by atoms with Gasteiger partial charge in [-0.15, -0.1) is 0 Å². The maximum atomic E-state index is 13.5. The Kier molecular flexibility index (Phi) is 5.57. The monoisotopic (exact) mass is 443 g/mol. The van der Waals surface area contributed by atoms with Gasteiger partial charge in [-0.1, -0.05) is 12.1 Å². The lowest BCUT2D eigenvalue weighted by atomic mass is 10.1. The molecule has 2 aliphatic carbocycles. The van der Waals surface area contributed by atoms with Crippen LogP contribution in [0.25, 0.3) is 0 Å². The molecular weight excluding hydrogens is 418 g/mol. The second kappa shape index (κ2) is 8.05. The van der Waals surface area contributed by atoms with Crippen LogP contribution >= 0.6 is 0 Å². The number of amides is 1. The lowest BCUT2D eigenvalue weighted by molar-refractivity contribution is -0.385. The first-order valence-corrected chi connectivity index (χ1v) is 11.8. The summed E-state index contributed by atoms with van der Waals surface area (Å²) in [6.45, 7) is 3.50. The van der Waals surface area contributed by atoms with Gasteiger partial charge in [-0.05, 0) is 68.4 Å². The van der Waals surface area contributed by atoms with Gasteiger partial charge in [0.25, 0.3) is 11.6 Å². The molecule has 164 valence electrons. The summed E-state index contributed by atoms with van der Waals surface area (Å²) >= 11 is 0. The van der Waals surface area contributed by atoms with E-state index in [0.29, 0.717) is 16.7 Å². The van der Waals surface area contributed by atoms with E-state index >= 15 is 0 Å². The van der Waals surface area contributed by atoms with Crippen LogP contribution < -0.4 is 5.32 Å². The molecule has 0 radical (unpaired) electrons. The summed E-state index contributed by atoms with van der Waals surface area (Å²) < 4.78 is 28.4. The van der Waals surface area contributed by atoms with Crippen LogP contribution in [0, 0.1) is 24.0 Å². The molecule has 9 heteroatoms. The number of carbonyl (C=O) groups excluding carboxylic acids is 1. The van der Waals surface area contributed by atoms with E-state index in [-0.39, 0.29) is 35.1 Å². The maximum absolute atomic E-state index is 13.5. The van der Waals surface area contributed by atoms with Gasteiger partial charge in [0.05, 0.1) is 9.82 Å². The summed E-state index contributed by atoms with van der Waals surface area (Å²) in [4.78, 5) is 22.9. The molecule has 0 unspecified atom stereocenters. The second-order valence-electron chi connectivity index (χ2n) is 8.37. The van der Waals surface area contributed by atoms with Crippen molar-refractivity contribution in [3.8, 4) is 0 Å². The Bertz CT molecular complexity index is 1140. The summed E-state index contributed by atoms with van der Waals surface area (Å²) in [5.74, 6) is -0.122. The van der Waals surface area contributed by atoms with Crippen LogP contribution in [0.15, 0.2) is 41.3 Å². The van der Waals surface area contributed by atoms with Crippen molar-refractivity contribution in [2.24, 2.45) is 0 Å². The molecule has 0 spiro atoms. The molecular formula is C22H25N3O5S. The molecule has 2 fully saturated rings. The van der Waals surface area contributed by atoms with E-state index in [0.717, 1.165) is 37.3 Å². The summed E-state index contributed by atoms with van der Waals surface area (Å²) in [7, 11) is -3.93. The van der Waals surface area contributed by atoms with Crippen molar-refractivity contribution >= 4 is 21.6 Å². The Morgan fingerprint density at radius 2 is 1.77 bits per heavy atom. The first kappa shape index (κ1) is 21.5. The number of nitro benzene ring substituents is 1. The standard InChI is InChI=1S/C22H25N3O5S/c1-14-11-20(25(27)28)12-21(15(14)2)31(29,30)24(19-9-10-19)13-16-3-5-17(6-4-16)22(26)23-18-7-8-18/h3-6,11-12,18-19H,7-10,13H2,1-2H3,(H,23,26). The zero-order chi connectivity index (χ0) is 22.3. The highest BCUT2D eigenvalue weighted by atomic mass is 32.2. The predicted octanol–water partition coefficient (Wildman–Crippen LogP) is 3.46. The van der Waals surface area contributed by atoms with E-state index in [4.69, 9.17) is 0 Å². The van der Waals surface area contributed by atoms with Crippen LogP contribution in [0.2, 0.25) is 0 Å². The summed E-state index contributed by atoms with van der Waals surface area (Å²) in [6.07, 6.45) is 3.53. The average Bonchev–Trinajstić information content (AvgIpc) is 3.63. The van der Waals surface area contributed by atoms with Gasteiger partial charge in [-0.3, -0.25) is 14.9 Å². The molecule has 2 aromatic rings. The predicted molar refractivity (Wildman–Crippen MR) is 115 cm³/mol. The van der Waals surface area contributed by atoms with Crippen LogP contribution in [0.4, 0.5) is 5.69 Å². The van der Waals surface area contributed by atoms with Crippen LogP contribution in [0.3, 0.4) is 0 Å². The van der Waals surface area contributed by atoms with Crippen molar-refractivity contribution in [1.29, 1.82) is 0 Å². The Hall–Kier alpha value is -2.78. The number of hydrogen-bond donors (Lipinski definition) is 1. The zero-order valence-corrected chi connectivity index (χ0v) is 18.3. The molecule has 4 rings (SSSR count). The lowest BCUT2D eigenvalue weighted by Crippen LogP contribution is -2.33. The van der Waals surface area contributed by atoms with Crippen LogP contribution in [0.5, 0.6) is 0 Å². The SMILES string of the molecule is Cc1cc([N+](=O)[O-])cc(S(=O)(=O)N(Cc2ccc(C(=O)NC3CC3)cc2)C2CC2)c1C. The normalized spacial score (nSPS) is 16.4. The molecule has 2 aliphatic rings. The highest BCUT2D eigenvalue weighted by Gasteiger charge is 2.39. The third-order valence-electron chi connectivity index (χ3n) is 5.82. The van der Waals surface area contributed by atoms with Gasteiger partial charge in [-0.25, -0.2) is 8.42 Å². The Labute approximate surface area is 181 Å². The first-order chi connectivity index (χ1) is 14.7. The molecule has 2 saturated carbocycles. The molecule has 0 aromatic heterocycles. The van der Waals surface area contributed by atoms with Crippen LogP contribution in [0.1, 0.15) is 52.7 Å². The maximum Gasteiger partial charge on any atom is 0.271 e. The molecule has 31 heavy (non-hydrogen) atoms. The van der Waals surface area contributed by atoms with Crippen molar-refractivity contribution in [2.45, 2.75) is 63.1 Å². The van der Waals surface area contributed by atoms with E-state index in [1.54, 1.807) is 38.1 Å². The molecule has 0 atom stereocenters. The van der Waals surface area contributed by atoms with Gasteiger partial charge in [0.2, 0.25) is 10.0 Å². The van der Waals surface area contributed by atoms with E-state index in [9.17, 15) is 23.3 Å². The molecule has 2 aromatic carbocycles. The largest absolute Gasteiger partial charge is 0.349 e. The third kappa shape index (κ3) is 4.62. The Morgan fingerprint density at radius 1 is 1.13 bits per heavy atom. The van der Waals surface area contributed by atoms with Gasteiger partial charge >= 0.3 is 0 Å². The minimum absolute atomic E-state index is 0.0217. The number of rotatable bonds is 8. The molecule has 0 aliphatic heterocycles. The minimum Gasteiger partial charge on any atom is -0.349 e. The second-order valence-corrected chi connectivity index (χ2v) is 10.2. The number of hydrogen-bond acceptors (Lipinski definition) is 5. The number of non-ortho nitro benzene ring substituents is 1. The van der Waals surface area contributed by atoms with Crippen molar-refractivity contribution < 1.29 is 18.1 Å². The van der Waals surface area contributed by atoms with Gasteiger partial charge in [0, 0.05) is 36.3 Å². The number of carbonyl (C=O) groups is 1. The van der Waals surface area contributed by atoms with Gasteiger partial charge in [-0.2, -0.15) is 4.31 Å². The summed E-state index contributed by atoms with van der Waals surface area (Å²) in [5, 5.41) is 14.2. The number of sulfonamides is 1. The zero-order valence-electron chi connectivity index (χ0n) is 17.5. The molecule has 1 amide bonds. The fourth-order valence-electron chi connectivity index (χ4n) is 3.52. The number of benzene rings is 2. The Morgan fingerprint density at radius 3 is 2.32 bits per heavy atom. The summed E-state index contributed by atoms with van der Waals surface area (Å²) in [6, 6.07) is 9.61. The van der Waals surface area contributed by atoms with E-state index in [2.05, 4.69) is 5.32 Å². The van der Waals surface area contributed by atoms with Crippen molar-refractivity contribution in [1.82, 2.24) is 9.62 Å². The quantitative estimate of drug-likeness (QED) is 0.496. The highest BCUT2D eigenvalue weighted by Crippen LogP contribution is 2.36. The topological polar surface area (TPSA) is 110 Å². The highest BCUT2D eigenvalue weighted by molar-refractivity contribution is 7.89. The minimum atomic E-state index is -3.93. The molecule has 0 heterocycles. The Balaban J connectivity index is 1.60. The number of nitro groups is 1. The van der Waals surface area contributed by atoms with Gasteiger partial charge in [0.15, 0.2) is 0 Å². The molecule has 0 bridgehead atoms. The van der Waals surface area contributed by atoms with Crippen LogP contribution in [-0.4, -0.2) is 35.6 Å². The smallest absolute Gasteiger partial charge is 0.271 e. The fraction of sp³-hybridized carbons (Fsp3) is 0.409. The average molecular weight is 444 g/mol. The van der Waals surface area contributed by atoms with Crippen molar-refractivity contribution in [3.05, 3.63) is 68.8 Å². The van der Waals surface area contributed by atoms with Crippen LogP contribution in [-0.2, 0) is 16.6 Å². The van der Waals surface area contributed by atoms with Gasteiger partial charge in [0.1, 0.15) is 0 Å². The number of aryl methyl sites for hydroxylation is 1. The van der Waals surface area contributed by atoms with Crippen molar-refractivity contribution in [3.63, 3.8) is 0 Å². The van der Waals surface area contributed by atoms with E-state index in [1.807, 2.05) is 0 Å². The third-order valence-corrected chi connectivity index (χ3v) is 7.85. The van der Waals surface area contributed by atoms with Crippen molar-refractivity contribution in [2.75, 3.05) is 0 Å². The lowest BCUT2D eigenvalue weighted by Gasteiger charge is -2.23. The number of nitrogens with one attached hydrogen (secondary N) is 1. The summed E-state index contributed by atoms with van der Waals surface area (Å²) in [5.41, 5.74) is 2.15. The first-order valence-electron chi connectivity index (χ1n) is 10.3. The van der Waals surface area contributed by atoms with Gasteiger partial charge < -0.3 is 5.32 Å². The molecule has 1 N–H and O–H groups in total. The molecule has 0 saturated heterocycles. The fourth-order valence-corrected chi connectivity index (χ4v) is 5.51.